The van der Waals surface area contributed by atoms with E-state index >= 15 is 0 Å². The van der Waals surface area contributed by atoms with Crippen LogP contribution in [-0.4, -0.2) is 19.7 Å². The van der Waals surface area contributed by atoms with E-state index in [2.05, 4.69) is 26.6 Å². The molecule has 1 aliphatic carbocycles. The predicted molar refractivity (Wildman–Crippen MR) is 73.7 cm³/mol. The highest BCUT2D eigenvalue weighted by Crippen LogP contribution is 2.27. The molecule has 0 radical (unpaired) electrons. The second-order valence-electron chi connectivity index (χ2n) is 4.48. The number of benzene rings is 1. The van der Waals surface area contributed by atoms with E-state index in [1.165, 1.54) is 12.8 Å². The lowest BCUT2D eigenvalue weighted by molar-refractivity contribution is 0.240. The van der Waals surface area contributed by atoms with E-state index in [4.69, 9.17) is 4.74 Å². The molecule has 2 rings (SSSR count). The highest BCUT2D eigenvalue weighted by molar-refractivity contribution is 9.10. The minimum atomic E-state index is -0.103. The van der Waals surface area contributed by atoms with E-state index in [9.17, 15) is 4.79 Å². The van der Waals surface area contributed by atoms with Gasteiger partial charge in [0.15, 0.2) is 0 Å². The lowest BCUT2D eigenvalue weighted by Crippen LogP contribution is -2.36. The molecule has 2 amide bonds. The maximum absolute atomic E-state index is 11.5. The van der Waals surface area contributed by atoms with Crippen molar-refractivity contribution in [2.45, 2.75) is 19.4 Å². The first kappa shape index (κ1) is 13.2. The van der Waals surface area contributed by atoms with Crippen molar-refractivity contribution >= 4 is 22.0 Å². The van der Waals surface area contributed by atoms with Crippen LogP contribution in [0.1, 0.15) is 18.4 Å². The van der Waals surface area contributed by atoms with Crippen molar-refractivity contribution < 1.29 is 9.53 Å². The topological polar surface area (TPSA) is 50.4 Å². The molecule has 1 aliphatic rings. The molecule has 18 heavy (non-hydrogen) atoms. The summed E-state index contributed by atoms with van der Waals surface area (Å²) in [5, 5.41) is 5.70. The van der Waals surface area contributed by atoms with Crippen molar-refractivity contribution in [1.82, 2.24) is 10.6 Å². The van der Waals surface area contributed by atoms with Crippen LogP contribution in [0.15, 0.2) is 22.7 Å². The molecule has 1 aromatic carbocycles. The Bertz CT molecular complexity index is 433. The minimum Gasteiger partial charge on any atom is -0.496 e. The Hall–Kier alpha value is -1.23. The summed E-state index contributed by atoms with van der Waals surface area (Å²) < 4.78 is 6.04. The molecule has 0 heterocycles. The third-order valence-corrected chi connectivity index (χ3v) is 3.54. The van der Waals surface area contributed by atoms with Crippen LogP contribution in [0, 0.1) is 5.92 Å². The fourth-order valence-electron chi connectivity index (χ4n) is 1.62. The van der Waals surface area contributed by atoms with Crippen molar-refractivity contribution in [3.63, 3.8) is 0 Å². The second kappa shape index (κ2) is 6.09. The normalized spacial score (nSPS) is 14.1. The summed E-state index contributed by atoms with van der Waals surface area (Å²) in [6.45, 7) is 1.30. The minimum absolute atomic E-state index is 0.103. The van der Waals surface area contributed by atoms with Crippen molar-refractivity contribution in [3.8, 4) is 5.75 Å². The summed E-state index contributed by atoms with van der Waals surface area (Å²) in [4.78, 5) is 11.5. The Morgan fingerprint density at radius 3 is 2.83 bits per heavy atom. The molecule has 0 saturated heterocycles. The van der Waals surface area contributed by atoms with Gasteiger partial charge in [-0.25, -0.2) is 4.79 Å². The van der Waals surface area contributed by atoms with Gasteiger partial charge in [0.2, 0.25) is 0 Å². The molecular weight excluding hydrogens is 296 g/mol. The Labute approximate surface area is 115 Å². The number of rotatable bonds is 5. The molecule has 0 atom stereocenters. The smallest absolute Gasteiger partial charge is 0.315 e. The number of methoxy groups -OCH3 is 1. The van der Waals surface area contributed by atoms with E-state index in [0.29, 0.717) is 12.5 Å². The zero-order chi connectivity index (χ0) is 13.0. The largest absolute Gasteiger partial charge is 0.496 e. The van der Waals surface area contributed by atoms with Crippen molar-refractivity contribution in [2.75, 3.05) is 13.7 Å². The van der Waals surface area contributed by atoms with Crippen LogP contribution in [-0.2, 0) is 6.54 Å². The zero-order valence-corrected chi connectivity index (χ0v) is 11.9. The zero-order valence-electron chi connectivity index (χ0n) is 10.3. The van der Waals surface area contributed by atoms with Gasteiger partial charge in [-0.3, -0.25) is 0 Å². The summed E-state index contributed by atoms with van der Waals surface area (Å²) in [5.74, 6) is 1.49. The Morgan fingerprint density at radius 1 is 1.44 bits per heavy atom. The molecule has 0 bridgehead atoms. The highest BCUT2D eigenvalue weighted by atomic mass is 79.9. The number of halogens is 1. The summed E-state index contributed by atoms with van der Waals surface area (Å²) in [6.07, 6.45) is 2.48. The molecule has 1 fully saturated rings. The molecule has 2 N–H and O–H groups in total. The van der Waals surface area contributed by atoms with Crippen LogP contribution in [0.25, 0.3) is 0 Å². The van der Waals surface area contributed by atoms with Crippen LogP contribution in [0.2, 0.25) is 0 Å². The fraction of sp³-hybridized carbons (Fsp3) is 0.462. The number of nitrogens with one attached hydrogen (secondary N) is 2. The molecule has 0 aliphatic heterocycles. The van der Waals surface area contributed by atoms with Crippen molar-refractivity contribution in [1.29, 1.82) is 0 Å². The number of urea groups is 1. The fourth-order valence-corrected chi connectivity index (χ4v) is 2.21. The third-order valence-electron chi connectivity index (χ3n) is 2.92. The Kier molecular flexibility index (Phi) is 4.47. The predicted octanol–water partition coefficient (Wildman–Crippen LogP) is 2.67. The first-order valence-electron chi connectivity index (χ1n) is 6.03. The van der Waals surface area contributed by atoms with Crippen LogP contribution < -0.4 is 15.4 Å². The van der Waals surface area contributed by atoms with E-state index in [0.717, 1.165) is 22.3 Å². The first-order chi connectivity index (χ1) is 8.69. The van der Waals surface area contributed by atoms with Gasteiger partial charge in [-0.2, -0.15) is 0 Å². The number of hydrogen-bond donors (Lipinski definition) is 2. The standard InChI is InChI=1S/C13H17BrN2O2/c1-18-12-5-4-10(6-11(12)14)8-16-13(17)15-7-9-2-3-9/h4-6,9H,2-3,7-8H2,1H3,(H2,15,16,17). The molecular formula is C13H17BrN2O2. The first-order valence-corrected chi connectivity index (χ1v) is 6.82. The number of carbonyl (C=O) groups is 1. The van der Waals surface area contributed by atoms with Crippen molar-refractivity contribution in [3.05, 3.63) is 28.2 Å². The Balaban J connectivity index is 1.77. The van der Waals surface area contributed by atoms with E-state index in [1.807, 2.05) is 18.2 Å². The van der Waals surface area contributed by atoms with Crippen molar-refractivity contribution in [2.24, 2.45) is 5.92 Å². The molecule has 0 aromatic heterocycles. The molecule has 1 aromatic rings. The lowest BCUT2D eigenvalue weighted by Gasteiger charge is -2.09. The highest BCUT2D eigenvalue weighted by Gasteiger charge is 2.21. The Morgan fingerprint density at radius 2 is 2.22 bits per heavy atom. The number of hydrogen-bond acceptors (Lipinski definition) is 2. The van der Waals surface area contributed by atoms with Crippen LogP contribution in [0.3, 0.4) is 0 Å². The van der Waals surface area contributed by atoms with Gasteiger partial charge in [-0.1, -0.05) is 6.07 Å². The number of carbonyl (C=O) groups excluding carboxylic acids is 1. The SMILES string of the molecule is COc1ccc(CNC(=O)NCC2CC2)cc1Br. The number of amides is 2. The van der Waals surface area contributed by atoms with Gasteiger partial charge >= 0.3 is 6.03 Å². The van der Waals surface area contributed by atoms with E-state index in [1.54, 1.807) is 7.11 Å². The summed E-state index contributed by atoms with van der Waals surface area (Å²) in [6, 6.07) is 5.65. The maximum Gasteiger partial charge on any atom is 0.315 e. The molecule has 4 nitrogen and oxygen atoms in total. The molecule has 5 heteroatoms. The van der Waals surface area contributed by atoms with Crippen LogP contribution in [0.4, 0.5) is 4.79 Å². The summed E-state index contributed by atoms with van der Waals surface area (Å²) >= 11 is 3.42. The van der Waals surface area contributed by atoms with E-state index in [-0.39, 0.29) is 6.03 Å². The number of ether oxygens (including phenoxy) is 1. The quantitative estimate of drug-likeness (QED) is 0.878. The third kappa shape index (κ3) is 3.91. The average Bonchev–Trinajstić information content (AvgIpc) is 3.18. The lowest BCUT2D eigenvalue weighted by atomic mass is 10.2. The van der Waals surface area contributed by atoms with Gasteiger partial charge in [-0.15, -0.1) is 0 Å². The maximum atomic E-state index is 11.5. The van der Waals surface area contributed by atoms with Crippen LogP contribution >= 0.6 is 15.9 Å². The van der Waals surface area contributed by atoms with Gasteiger partial charge in [0.05, 0.1) is 11.6 Å². The molecule has 98 valence electrons. The van der Waals surface area contributed by atoms with Gasteiger partial charge in [0, 0.05) is 13.1 Å². The summed E-state index contributed by atoms with van der Waals surface area (Å²) in [7, 11) is 1.63. The molecule has 0 spiro atoms. The summed E-state index contributed by atoms with van der Waals surface area (Å²) in [5.41, 5.74) is 1.03. The van der Waals surface area contributed by atoms with E-state index < -0.39 is 0 Å². The molecule has 0 unspecified atom stereocenters. The second-order valence-corrected chi connectivity index (χ2v) is 5.33. The molecule has 1 saturated carbocycles. The average molecular weight is 313 g/mol. The van der Waals surface area contributed by atoms with Gasteiger partial charge in [0.1, 0.15) is 5.75 Å². The van der Waals surface area contributed by atoms with Gasteiger partial charge in [-0.05, 0) is 52.4 Å². The van der Waals surface area contributed by atoms with Gasteiger partial charge in [0.25, 0.3) is 0 Å². The van der Waals surface area contributed by atoms with Gasteiger partial charge < -0.3 is 15.4 Å². The monoisotopic (exact) mass is 312 g/mol. The van der Waals surface area contributed by atoms with Crippen LogP contribution in [0.5, 0.6) is 5.75 Å².